The first-order valence-corrected chi connectivity index (χ1v) is 13.9. The molecule has 0 amide bonds. The molecular formula is C23H42F2O3Si. The quantitative estimate of drug-likeness (QED) is 0.419. The maximum atomic E-state index is 13.8. The van der Waals surface area contributed by atoms with Gasteiger partial charge in [0.15, 0.2) is 0 Å². The predicted octanol–water partition coefficient (Wildman–Crippen LogP) is 6.34. The second-order valence-corrected chi connectivity index (χ2v) is 13.0. The number of halogens is 2. The Balaban J connectivity index is 1.37. The van der Waals surface area contributed by atoms with Crippen molar-refractivity contribution in [3.05, 3.63) is 0 Å². The van der Waals surface area contributed by atoms with Gasteiger partial charge in [0.2, 0.25) is 0 Å². The van der Waals surface area contributed by atoms with Crippen molar-refractivity contribution in [2.45, 2.75) is 95.4 Å². The highest BCUT2D eigenvalue weighted by Gasteiger charge is 2.40. The number of rotatable bonds is 8. The molecule has 0 N–H and O–H groups in total. The van der Waals surface area contributed by atoms with Crippen LogP contribution in [-0.2, 0) is 13.3 Å². The van der Waals surface area contributed by atoms with Crippen LogP contribution in [0.2, 0.25) is 6.04 Å². The molecule has 0 bridgehead atoms. The fraction of sp³-hybridized carbons (Fsp3) is 1.00. The minimum absolute atomic E-state index is 0.431. The molecule has 0 spiro atoms. The van der Waals surface area contributed by atoms with Gasteiger partial charge in [0.05, 0.1) is 0 Å². The van der Waals surface area contributed by atoms with Crippen molar-refractivity contribution >= 4 is 8.80 Å². The smallest absolute Gasteiger partial charge is 0.377 e. The van der Waals surface area contributed by atoms with Gasteiger partial charge in [-0.1, -0.05) is 12.8 Å². The van der Waals surface area contributed by atoms with Crippen molar-refractivity contribution < 1.29 is 22.1 Å². The van der Waals surface area contributed by atoms with Crippen LogP contribution in [0.3, 0.4) is 0 Å². The lowest BCUT2D eigenvalue weighted by Gasteiger charge is -2.41. The lowest BCUT2D eigenvalue weighted by atomic mass is 9.65. The summed E-state index contributed by atoms with van der Waals surface area (Å²) in [5, 5.41) is 0. The lowest BCUT2D eigenvalue weighted by Crippen LogP contribution is -2.43. The third-order valence-electron chi connectivity index (χ3n) is 8.57. The third-order valence-corrected chi connectivity index (χ3v) is 11.3. The zero-order valence-electron chi connectivity index (χ0n) is 18.7. The first-order chi connectivity index (χ1) is 14.0. The highest BCUT2D eigenvalue weighted by molar-refractivity contribution is 6.60. The normalized spacial score (nSPS) is 39.4. The first-order valence-electron chi connectivity index (χ1n) is 11.9. The summed E-state index contributed by atoms with van der Waals surface area (Å²) in [4.78, 5) is 0. The van der Waals surface area contributed by atoms with Crippen molar-refractivity contribution in [1.29, 1.82) is 0 Å². The van der Waals surface area contributed by atoms with Crippen LogP contribution in [0.25, 0.3) is 0 Å². The van der Waals surface area contributed by atoms with Crippen LogP contribution in [0, 0.1) is 29.6 Å². The molecule has 0 aromatic rings. The van der Waals surface area contributed by atoms with Crippen molar-refractivity contribution in [1.82, 2.24) is 0 Å². The van der Waals surface area contributed by atoms with Gasteiger partial charge in [-0.2, -0.15) is 0 Å². The minimum Gasteiger partial charge on any atom is -0.377 e. The highest BCUT2D eigenvalue weighted by atomic mass is 28.4. The molecule has 29 heavy (non-hydrogen) atoms. The molecule has 0 radical (unpaired) electrons. The number of hydrogen-bond donors (Lipinski definition) is 0. The molecule has 0 aromatic carbocycles. The SMILES string of the molecule is CO[Si](CCC1CCC(C2CCC(C3CCC(F)C(F)C3)CC2)CC1)(OC)OC. The molecule has 3 fully saturated rings. The summed E-state index contributed by atoms with van der Waals surface area (Å²) < 4.78 is 43.9. The Morgan fingerprint density at radius 2 is 1.07 bits per heavy atom. The van der Waals surface area contributed by atoms with Crippen molar-refractivity contribution in [2.75, 3.05) is 21.3 Å². The Morgan fingerprint density at radius 3 is 1.55 bits per heavy atom. The second kappa shape index (κ2) is 11.0. The second-order valence-electron chi connectivity index (χ2n) is 9.89. The Hall–Kier alpha value is -0.0431. The molecule has 6 heteroatoms. The van der Waals surface area contributed by atoms with Gasteiger partial charge in [-0.25, -0.2) is 8.78 Å². The lowest BCUT2D eigenvalue weighted by molar-refractivity contribution is 0.0471. The monoisotopic (exact) mass is 432 g/mol. The summed E-state index contributed by atoms with van der Waals surface area (Å²) in [6.07, 6.45) is 10.9. The number of alkyl halides is 2. The summed E-state index contributed by atoms with van der Waals surface area (Å²) in [6, 6.07) is 0.910. The Kier molecular flexibility index (Phi) is 8.97. The van der Waals surface area contributed by atoms with E-state index in [0.29, 0.717) is 24.7 Å². The van der Waals surface area contributed by atoms with E-state index in [9.17, 15) is 8.78 Å². The highest BCUT2D eigenvalue weighted by Crippen LogP contribution is 2.46. The third kappa shape index (κ3) is 6.02. The van der Waals surface area contributed by atoms with Gasteiger partial charge in [0, 0.05) is 27.4 Å². The van der Waals surface area contributed by atoms with Gasteiger partial charge in [-0.15, -0.1) is 0 Å². The van der Waals surface area contributed by atoms with Gasteiger partial charge in [-0.05, 0) is 93.8 Å². The maximum absolute atomic E-state index is 13.8. The van der Waals surface area contributed by atoms with E-state index in [1.54, 1.807) is 21.3 Å². The molecule has 3 atom stereocenters. The molecule has 170 valence electrons. The van der Waals surface area contributed by atoms with Crippen LogP contribution >= 0.6 is 0 Å². The van der Waals surface area contributed by atoms with E-state index in [-0.39, 0.29) is 0 Å². The minimum atomic E-state index is -2.43. The van der Waals surface area contributed by atoms with E-state index < -0.39 is 21.1 Å². The molecule has 3 aliphatic carbocycles. The Bertz CT molecular complexity index is 466. The fourth-order valence-corrected chi connectivity index (χ4v) is 8.38. The van der Waals surface area contributed by atoms with Gasteiger partial charge in [0.25, 0.3) is 0 Å². The van der Waals surface area contributed by atoms with Crippen molar-refractivity contribution in [2.24, 2.45) is 29.6 Å². The molecule has 0 heterocycles. The Labute approximate surface area is 177 Å². The molecular weight excluding hydrogens is 390 g/mol. The summed E-state index contributed by atoms with van der Waals surface area (Å²) in [7, 11) is 2.66. The van der Waals surface area contributed by atoms with Gasteiger partial charge in [0.1, 0.15) is 12.3 Å². The average molecular weight is 433 g/mol. The Morgan fingerprint density at radius 1 is 0.621 bits per heavy atom. The topological polar surface area (TPSA) is 27.7 Å². The standard InChI is InChI=1S/C23H42F2O3Si/c1-26-29(27-2,28-3)15-14-17-4-6-18(7-5-17)19-8-10-20(11-9-19)21-12-13-22(24)23(25)16-21/h17-23H,4-16H2,1-3H3. The summed E-state index contributed by atoms with van der Waals surface area (Å²) in [5.41, 5.74) is 0. The molecule has 3 saturated carbocycles. The van der Waals surface area contributed by atoms with Crippen LogP contribution in [0.4, 0.5) is 8.78 Å². The van der Waals surface area contributed by atoms with Crippen LogP contribution in [-0.4, -0.2) is 42.5 Å². The number of hydrogen-bond acceptors (Lipinski definition) is 3. The summed E-state index contributed by atoms with van der Waals surface area (Å²) in [5.74, 6) is 3.57. The average Bonchev–Trinajstić information content (AvgIpc) is 2.77. The van der Waals surface area contributed by atoms with Crippen molar-refractivity contribution in [3.63, 3.8) is 0 Å². The van der Waals surface area contributed by atoms with E-state index in [1.807, 2.05) is 0 Å². The van der Waals surface area contributed by atoms with Crippen LogP contribution in [0.15, 0.2) is 0 Å². The summed E-state index contributed by atoms with van der Waals surface area (Å²) in [6.45, 7) is 0. The summed E-state index contributed by atoms with van der Waals surface area (Å²) >= 11 is 0. The largest absolute Gasteiger partial charge is 0.500 e. The first kappa shape index (κ1) is 23.6. The van der Waals surface area contributed by atoms with Gasteiger partial charge in [-0.3, -0.25) is 0 Å². The van der Waals surface area contributed by atoms with Crippen LogP contribution in [0.5, 0.6) is 0 Å². The molecule has 0 saturated heterocycles. The van der Waals surface area contributed by atoms with E-state index in [0.717, 1.165) is 36.6 Å². The molecule has 0 aromatic heterocycles. The van der Waals surface area contributed by atoms with Crippen LogP contribution < -0.4 is 0 Å². The zero-order chi connectivity index (χ0) is 20.9. The molecule has 3 aliphatic rings. The van der Waals surface area contributed by atoms with E-state index in [2.05, 4.69) is 0 Å². The van der Waals surface area contributed by atoms with E-state index >= 15 is 0 Å². The maximum Gasteiger partial charge on any atom is 0.500 e. The van der Waals surface area contributed by atoms with E-state index in [4.69, 9.17) is 13.3 Å². The van der Waals surface area contributed by atoms with Gasteiger partial charge >= 0.3 is 8.80 Å². The fourth-order valence-electron chi connectivity index (χ4n) is 6.51. The van der Waals surface area contributed by atoms with E-state index in [1.165, 1.54) is 51.4 Å². The molecule has 0 aliphatic heterocycles. The van der Waals surface area contributed by atoms with Crippen molar-refractivity contribution in [3.8, 4) is 0 Å². The van der Waals surface area contributed by atoms with Gasteiger partial charge < -0.3 is 13.3 Å². The molecule has 3 unspecified atom stereocenters. The predicted molar refractivity (Wildman–Crippen MR) is 114 cm³/mol. The molecule has 3 nitrogen and oxygen atoms in total. The molecule has 3 rings (SSSR count). The zero-order valence-corrected chi connectivity index (χ0v) is 19.7. The van der Waals surface area contributed by atoms with Crippen LogP contribution in [0.1, 0.15) is 77.0 Å².